The highest BCUT2D eigenvalue weighted by atomic mass is 16.5. The van der Waals surface area contributed by atoms with E-state index >= 15 is 0 Å². The molecular weight excluding hydrogens is 196 g/mol. The van der Waals surface area contributed by atoms with Crippen LogP contribution in [0.25, 0.3) is 0 Å². The van der Waals surface area contributed by atoms with Crippen molar-refractivity contribution in [2.75, 3.05) is 7.11 Å². The van der Waals surface area contributed by atoms with Crippen LogP contribution in [0.1, 0.15) is 33.6 Å². The summed E-state index contributed by atoms with van der Waals surface area (Å²) >= 11 is 0. The molecule has 2 atom stereocenters. The first-order valence-electron chi connectivity index (χ1n) is 5.12. The van der Waals surface area contributed by atoms with Gasteiger partial charge in [-0.1, -0.05) is 13.8 Å². The van der Waals surface area contributed by atoms with E-state index in [1.807, 2.05) is 13.8 Å². The summed E-state index contributed by atoms with van der Waals surface area (Å²) in [5, 5.41) is 0. The third kappa shape index (κ3) is 2.49. The second-order valence-electron chi connectivity index (χ2n) is 4.63. The van der Waals surface area contributed by atoms with Crippen LogP contribution in [0.2, 0.25) is 0 Å². The summed E-state index contributed by atoms with van der Waals surface area (Å²) in [5.41, 5.74) is -0.125. The third-order valence-electron chi connectivity index (χ3n) is 3.33. The highest BCUT2D eigenvalue weighted by molar-refractivity contribution is 5.70. The van der Waals surface area contributed by atoms with Gasteiger partial charge < -0.3 is 9.47 Å². The van der Waals surface area contributed by atoms with Crippen molar-refractivity contribution in [1.29, 1.82) is 0 Å². The molecule has 4 nitrogen and oxygen atoms in total. The van der Waals surface area contributed by atoms with Gasteiger partial charge in [0.25, 0.3) is 0 Å². The van der Waals surface area contributed by atoms with E-state index in [0.717, 1.165) is 6.42 Å². The molecule has 0 radical (unpaired) electrons. The minimum atomic E-state index is -0.260. The van der Waals surface area contributed by atoms with Crippen molar-refractivity contribution in [3.8, 4) is 0 Å². The fourth-order valence-electron chi connectivity index (χ4n) is 2.00. The highest BCUT2D eigenvalue weighted by Crippen LogP contribution is 2.49. The minimum Gasteiger partial charge on any atom is -0.469 e. The first-order chi connectivity index (χ1) is 6.87. The summed E-state index contributed by atoms with van der Waals surface area (Å²) in [6.07, 6.45) is 1.09. The molecule has 1 aliphatic rings. The van der Waals surface area contributed by atoms with Crippen molar-refractivity contribution >= 4 is 11.9 Å². The lowest BCUT2D eigenvalue weighted by atomic mass is 9.59. The number of methoxy groups -OCH3 is 1. The first kappa shape index (κ1) is 12.0. The Morgan fingerprint density at radius 1 is 1.40 bits per heavy atom. The van der Waals surface area contributed by atoms with E-state index in [9.17, 15) is 9.59 Å². The van der Waals surface area contributed by atoms with E-state index in [0.29, 0.717) is 6.42 Å². The molecular formula is C11H18O4. The lowest BCUT2D eigenvalue weighted by molar-refractivity contribution is -0.177. The lowest BCUT2D eigenvalue weighted by Crippen LogP contribution is -2.51. The van der Waals surface area contributed by atoms with Crippen LogP contribution in [0.4, 0.5) is 0 Å². The molecule has 0 spiro atoms. The van der Waals surface area contributed by atoms with Crippen LogP contribution >= 0.6 is 0 Å². The third-order valence-corrected chi connectivity index (χ3v) is 3.33. The van der Waals surface area contributed by atoms with E-state index in [2.05, 4.69) is 4.74 Å². The summed E-state index contributed by atoms with van der Waals surface area (Å²) < 4.78 is 9.78. The minimum absolute atomic E-state index is 0.0651. The first-order valence-corrected chi connectivity index (χ1v) is 5.12. The van der Waals surface area contributed by atoms with Gasteiger partial charge in [0, 0.05) is 18.8 Å². The molecule has 0 N–H and O–H groups in total. The lowest BCUT2D eigenvalue weighted by Gasteiger charge is -2.50. The van der Waals surface area contributed by atoms with Gasteiger partial charge in [0.2, 0.25) is 0 Å². The zero-order valence-electron chi connectivity index (χ0n) is 9.70. The molecule has 1 fully saturated rings. The standard InChI is InChI=1S/C11H18O4/c1-7(12)15-9-5-8(11(9,2)3)6-10(13)14-4/h8-9H,5-6H2,1-4H3/t8-,9-/m1/s1. The van der Waals surface area contributed by atoms with Crippen LogP contribution in [0.5, 0.6) is 0 Å². The van der Waals surface area contributed by atoms with Crippen LogP contribution in [0.15, 0.2) is 0 Å². The van der Waals surface area contributed by atoms with Crippen LogP contribution in [-0.2, 0) is 19.1 Å². The van der Waals surface area contributed by atoms with Crippen molar-refractivity contribution in [2.45, 2.75) is 39.7 Å². The van der Waals surface area contributed by atoms with Crippen LogP contribution in [0.3, 0.4) is 0 Å². The Balaban J connectivity index is 2.48. The number of ether oxygens (including phenoxy) is 2. The molecule has 0 bridgehead atoms. The Labute approximate surface area is 89.9 Å². The molecule has 1 rings (SSSR count). The second kappa shape index (κ2) is 4.21. The van der Waals surface area contributed by atoms with E-state index in [4.69, 9.17) is 4.74 Å². The van der Waals surface area contributed by atoms with Crippen LogP contribution in [-0.4, -0.2) is 25.2 Å². The molecule has 86 valence electrons. The molecule has 15 heavy (non-hydrogen) atoms. The van der Waals surface area contributed by atoms with E-state index in [1.54, 1.807) is 0 Å². The van der Waals surface area contributed by atoms with Crippen molar-refractivity contribution in [1.82, 2.24) is 0 Å². The second-order valence-corrected chi connectivity index (χ2v) is 4.63. The summed E-state index contributed by atoms with van der Waals surface area (Å²) in [7, 11) is 1.39. The quantitative estimate of drug-likeness (QED) is 0.668. The van der Waals surface area contributed by atoms with E-state index in [1.165, 1.54) is 14.0 Å². The fraction of sp³-hybridized carbons (Fsp3) is 0.818. The van der Waals surface area contributed by atoms with Crippen LogP contribution in [0, 0.1) is 11.3 Å². The molecule has 0 aliphatic heterocycles. The number of hydrogen-bond acceptors (Lipinski definition) is 4. The van der Waals surface area contributed by atoms with Gasteiger partial charge in [-0.2, -0.15) is 0 Å². The molecule has 4 heteroatoms. The van der Waals surface area contributed by atoms with Gasteiger partial charge in [0.05, 0.1) is 7.11 Å². The summed E-state index contributed by atoms with van der Waals surface area (Å²) in [6.45, 7) is 5.43. The number of carbonyl (C=O) groups is 2. The normalized spacial score (nSPS) is 27.7. The fourth-order valence-corrected chi connectivity index (χ4v) is 2.00. The summed E-state index contributed by atoms with van der Waals surface area (Å²) in [6, 6.07) is 0. The number of hydrogen-bond donors (Lipinski definition) is 0. The summed E-state index contributed by atoms with van der Waals surface area (Å²) in [4.78, 5) is 21.9. The van der Waals surface area contributed by atoms with Gasteiger partial charge >= 0.3 is 11.9 Å². The molecule has 1 aliphatic carbocycles. The molecule has 0 unspecified atom stereocenters. The maximum atomic E-state index is 11.1. The van der Waals surface area contributed by atoms with Crippen molar-refractivity contribution in [3.63, 3.8) is 0 Å². The molecule has 0 aromatic carbocycles. The predicted molar refractivity (Wildman–Crippen MR) is 54.1 cm³/mol. The van der Waals surface area contributed by atoms with Crippen molar-refractivity contribution in [2.24, 2.45) is 11.3 Å². The maximum absolute atomic E-state index is 11.1. The number of carbonyl (C=O) groups excluding carboxylic acids is 2. The van der Waals surface area contributed by atoms with Crippen molar-refractivity contribution < 1.29 is 19.1 Å². The van der Waals surface area contributed by atoms with Gasteiger partial charge in [-0.15, -0.1) is 0 Å². The van der Waals surface area contributed by atoms with Gasteiger partial charge in [-0.3, -0.25) is 9.59 Å². The van der Waals surface area contributed by atoms with Gasteiger partial charge in [-0.25, -0.2) is 0 Å². The number of esters is 2. The highest BCUT2D eigenvalue weighted by Gasteiger charge is 2.50. The van der Waals surface area contributed by atoms with E-state index < -0.39 is 0 Å². The molecule has 0 aromatic rings. The monoisotopic (exact) mass is 214 g/mol. The summed E-state index contributed by atoms with van der Waals surface area (Å²) in [5.74, 6) is -0.215. The topological polar surface area (TPSA) is 52.6 Å². The van der Waals surface area contributed by atoms with Crippen molar-refractivity contribution in [3.05, 3.63) is 0 Å². The largest absolute Gasteiger partial charge is 0.469 e. The van der Waals surface area contributed by atoms with Gasteiger partial charge in [0.15, 0.2) is 0 Å². The van der Waals surface area contributed by atoms with E-state index in [-0.39, 0.29) is 29.4 Å². The SMILES string of the molecule is COC(=O)C[C@H]1C[C@@H](OC(C)=O)C1(C)C. The predicted octanol–water partition coefficient (Wildman–Crippen LogP) is 1.53. The Morgan fingerprint density at radius 3 is 2.40 bits per heavy atom. The molecule has 0 saturated heterocycles. The Morgan fingerprint density at radius 2 is 2.00 bits per heavy atom. The molecule has 0 amide bonds. The van der Waals surface area contributed by atoms with Crippen LogP contribution < -0.4 is 0 Å². The average molecular weight is 214 g/mol. The Hall–Kier alpha value is -1.06. The van der Waals surface area contributed by atoms with Gasteiger partial charge in [0.1, 0.15) is 6.10 Å². The Kier molecular flexibility index (Phi) is 3.37. The molecule has 0 aromatic heterocycles. The zero-order valence-corrected chi connectivity index (χ0v) is 9.70. The number of rotatable bonds is 3. The Bertz CT molecular complexity index is 270. The average Bonchev–Trinajstić information content (AvgIpc) is 2.15. The molecule has 1 saturated carbocycles. The zero-order chi connectivity index (χ0) is 11.6. The molecule has 0 heterocycles. The van der Waals surface area contributed by atoms with Gasteiger partial charge in [-0.05, 0) is 12.3 Å². The maximum Gasteiger partial charge on any atom is 0.305 e. The smallest absolute Gasteiger partial charge is 0.305 e.